The zero-order valence-electron chi connectivity index (χ0n) is 10.8. The summed E-state index contributed by atoms with van der Waals surface area (Å²) < 4.78 is 18.1. The summed E-state index contributed by atoms with van der Waals surface area (Å²) in [4.78, 5) is 0. The van der Waals surface area contributed by atoms with Gasteiger partial charge >= 0.3 is 0 Å². The predicted octanol–water partition coefficient (Wildman–Crippen LogP) is 4.22. The van der Waals surface area contributed by atoms with Crippen molar-refractivity contribution in [1.82, 2.24) is 0 Å². The Balaban J connectivity index is 2.27. The third kappa shape index (κ3) is 5.07. The lowest BCUT2D eigenvalue weighted by Crippen LogP contribution is -2.02. The van der Waals surface area contributed by atoms with E-state index in [1.54, 1.807) is 12.1 Å². The summed E-state index contributed by atoms with van der Waals surface area (Å²) in [7, 11) is 1.48. The van der Waals surface area contributed by atoms with Crippen LogP contribution in [0.2, 0.25) is 0 Å². The molecule has 0 radical (unpaired) electrons. The van der Waals surface area contributed by atoms with Crippen molar-refractivity contribution < 1.29 is 9.13 Å². The summed E-state index contributed by atoms with van der Waals surface area (Å²) >= 11 is 0. The molecule has 0 heterocycles. The van der Waals surface area contributed by atoms with Crippen LogP contribution in [0.15, 0.2) is 18.2 Å². The molecule has 0 saturated carbocycles. The molecule has 0 spiro atoms. The van der Waals surface area contributed by atoms with Crippen LogP contribution in [0, 0.1) is 5.82 Å². The maximum Gasteiger partial charge on any atom is 0.165 e. The first-order valence-electron chi connectivity index (χ1n) is 6.35. The van der Waals surface area contributed by atoms with Crippen LogP contribution in [-0.4, -0.2) is 13.7 Å². The Morgan fingerprint density at radius 3 is 2.65 bits per heavy atom. The monoisotopic (exact) mass is 239 g/mol. The second-order valence-corrected chi connectivity index (χ2v) is 4.19. The molecule has 0 aliphatic carbocycles. The van der Waals surface area contributed by atoms with Crippen molar-refractivity contribution in [3.8, 4) is 5.75 Å². The third-order valence-electron chi connectivity index (χ3n) is 2.76. The fourth-order valence-electron chi connectivity index (χ4n) is 1.73. The van der Waals surface area contributed by atoms with Crippen molar-refractivity contribution in [3.63, 3.8) is 0 Å². The topological polar surface area (TPSA) is 21.3 Å². The third-order valence-corrected chi connectivity index (χ3v) is 2.76. The van der Waals surface area contributed by atoms with Gasteiger partial charge in [-0.2, -0.15) is 0 Å². The molecule has 1 aromatic carbocycles. The number of benzene rings is 1. The minimum absolute atomic E-state index is 0.293. The highest BCUT2D eigenvalue weighted by Gasteiger charge is 2.02. The Labute approximate surface area is 103 Å². The van der Waals surface area contributed by atoms with Gasteiger partial charge in [-0.1, -0.05) is 32.6 Å². The second kappa shape index (κ2) is 7.93. The van der Waals surface area contributed by atoms with E-state index in [-0.39, 0.29) is 5.82 Å². The molecule has 0 aliphatic rings. The van der Waals surface area contributed by atoms with Gasteiger partial charge in [0.1, 0.15) is 0 Å². The van der Waals surface area contributed by atoms with Crippen LogP contribution in [-0.2, 0) is 0 Å². The number of anilines is 1. The molecule has 2 nitrogen and oxygen atoms in total. The van der Waals surface area contributed by atoms with E-state index in [0.717, 1.165) is 18.7 Å². The molecule has 3 heteroatoms. The van der Waals surface area contributed by atoms with Gasteiger partial charge in [0.25, 0.3) is 0 Å². The molecule has 1 aromatic rings. The van der Waals surface area contributed by atoms with Gasteiger partial charge in [0.15, 0.2) is 11.6 Å². The molecule has 96 valence electrons. The van der Waals surface area contributed by atoms with Crippen LogP contribution in [0.25, 0.3) is 0 Å². The Hall–Kier alpha value is -1.25. The predicted molar refractivity (Wildman–Crippen MR) is 70.2 cm³/mol. The average molecular weight is 239 g/mol. The second-order valence-electron chi connectivity index (χ2n) is 4.19. The van der Waals surface area contributed by atoms with E-state index in [4.69, 9.17) is 4.74 Å². The van der Waals surface area contributed by atoms with Crippen LogP contribution in [0.3, 0.4) is 0 Å². The van der Waals surface area contributed by atoms with Crippen LogP contribution in [0.5, 0.6) is 5.75 Å². The summed E-state index contributed by atoms with van der Waals surface area (Å²) in [5.41, 5.74) is 0.916. The van der Waals surface area contributed by atoms with Crippen molar-refractivity contribution in [3.05, 3.63) is 24.0 Å². The zero-order chi connectivity index (χ0) is 12.5. The highest BCUT2D eigenvalue weighted by Crippen LogP contribution is 2.21. The summed E-state index contributed by atoms with van der Waals surface area (Å²) in [5, 5.41) is 3.28. The number of ether oxygens (including phenoxy) is 1. The van der Waals surface area contributed by atoms with Crippen molar-refractivity contribution in [1.29, 1.82) is 0 Å². The molecule has 0 saturated heterocycles. The SMILES string of the molecule is CCCCCCCNc1ccc(F)c(OC)c1. The van der Waals surface area contributed by atoms with Gasteiger partial charge in [-0.15, -0.1) is 0 Å². The van der Waals surface area contributed by atoms with E-state index >= 15 is 0 Å². The van der Waals surface area contributed by atoms with Crippen molar-refractivity contribution in [2.24, 2.45) is 0 Å². The largest absolute Gasteiger partial charge is 0.494 e. The molecular weight excluding hydrogens is 217 g/mol. The van der Waals surface area contributed by atoms with Crippen LogP contribution in [0.4, 0.5) is 10.1 Å². The molecular formula is C14H22FNO. The number of hydrogen-bond donors (Lipinski definition) is 1. The minimum atomic E-state index is -0.319. The smallest absolute Gasteiger partial charge is 0.165 e. The van der Waals surface area contributed by atoms with Gasteiger partial charge in [0.2, 0.25) is 0 Å². The number of unbranched alkanes of at least 4 members (excludes halogenated alkanes) is 4. The molecule has 0 aromatic heterocycles. The van der Waals surface area contributed by atoms with Crippen molar-refractivity contribution in [2.45, 2.75) is 39.0 Å². The lowest BCUT2D eigenvalue weighted by molar-refractivity contribution is 0.387. The number of rotatable bonds is 8. The molecule has 0 aliphatic heterocycles. The molecule has 0 bridgehead atoms. The van der Waals surface area contributed by atoms with Gasteiger partial charge in [0.05, 0.1) is 7.11 Å². The van der Waals surface area contributed by atoms with Gasteiger partial charge in [-0.25, -0.2) is 4.39 Å². The van der Waals surface area contributed by atoms with Gasteiger partial charge in [0, 0.05) is 18.3 Å². The first kappa shape index (κ1) is 13.8. The van der Waals surface area contributed by atoms with Crippen LogP contribution >= 0.6 is 0 Å². The maximum absolute atomic E-state index is 13.1. The standard InChI is InChI=1S/C14H22FNO/c1-3-4-5-6-7-10-16-12-8-9-13(15)14(11-12)17-2/h8-9,11,16H,3-7,10H2,1-2H3. The number of methoxy groups -OCH3 is 1. The van der Waals surface area contributed by atoms with E-state index in [0.29, 0.717) is 5.75 Å². The van der Waals surface area contributed by atoms with E-state index in [1.807, 2.05) is 0 Å². The van der Waals surface area contributed by atoms with Crippen LogP contribution in [0.1, 0.15) is 39.0 Å². The lowest BCUT2D eigenvalue weighted by atomic mass is 10.1. The van der Waals surface area contributed by atoms with Gasteiger partial charge in [-0.05, 0) is 18.6 Å². The highest BCUT2D eigenvalue weighted by atomic mass is 19.1. The Morgan fingerprint density at radius 2 is 1.94 bits per heavy atom. The molecule has 1 rings (SSSR count). The number of halogens is 1. The quantitative estimate of drug-likeness (QED) is 0.686. The van der Waals surface area contributed by atoms with E-state index < -0.39 is 0 Å². The first-order valence-corrected chi connectivity index (χ1v) is 6.35. The van der Waals surface area contributed by atoms with Crippen molar-refractivity contribution >= 4 is 5.69 Å². The normalized spacial score (nSPS) is 10.3. The Morgan fingerprint density at radius 1 is 1.18 bits per heavy atom. The fraction of sp³-hybridized carbons (Fsp3) is 0.571. The minimum Gasteiger partial charge on any atom is -0.494 e. The summed E-state index contributed by atoms with van der Waals surface area (Å²) in [6.07, 6.45) is 6.27. The zero-order valence-corrected chi connectivity index (χ0v) is 10.8. The molecule has 0 unspecified atom stereocenters. The molecule has 1 N–H and O–H groups in total. The molecule has 0 amide bonds. The molecule has 17 heavy (non-hydrogen) atoms. The lowest BCUT2D eigenvalue weighted by Gasteiger charge is -2.08. The molecule has 0 atom stereocenters. The Kier molecular flexibility index (Phi) is 6.45. The number of nitrogens with one attached hydrogen (secondary N) is 1. The Bertz CT molecular complexity index is 328. The number of hydrogen-bond acceptors (Lipinski definition) is 2. The first-order chi connectivity index (χ1) is 8.27. The molecule has 0 fully saturated rings. The van der Waals surface area contributed by atoms with Gasteiger partial charge in [-0.3, -0.25) is 0 Å². The van der Waals surface area contributed by atoms with E-state index in [2.05, 4.69) is 12.2 Å². The summed E-state index contributed by atoms with van der Waals surface area (Å²) in [6.45, 7) is 3.14. The van der Waals surface area contributed by atoms with Crippen LogP contribution < -0.4 is 10.1 Å². The highest BCUT2D eigenvalue weighted by molar-refractivity contribution is 5.48. The summed E-state index contributed by atoms with van der Waals surface area (Å²) in [6, 6.07) is 4.86. The maximum atomic E-state index is 13.1. The average Bonchev–Trinajstić information content (AvgIpc) is 2.35. The van der Waals surface area contributed by atoms with E-state index in [1.165, 1.54) is 38.9 Å². The van der Waals surface area contributed by atoms with E-state index in [9.17, 15) is 4.39 Å². The fourth-order valence-corrected chi connectivity index (χ4v) is 1.73. The van der Waals surface area contributed by atoms with Gasteiger partial charge < -0.3 is 10.1 Å². The van der Waals surface area contributed by atoms with Crippen molar-refractivity contribution in [2.75, 3.05) is 19.0 Å². The summed E-state index contributed by atoms with van der Waals surface area (Å²) in [5.74, 6) is -0.0259.